The first-order valence-corrected chi connectivity index (χ1v) is 9.68. The van der Waals surface area contributed by atoms with Gasteiger partial charge in [0.15, 0.2) is 0 Å². The van der Waals surface area contributed by atoms with Gasteiger partial charge in [-0.05, 0) is 30.5 Å². The van der Waals surface area contributed by atoms with Crippen molar-refractivity contribution in [3.05, 3.63) is 71.0 Å². The number of carbonyl (C=O) groups excluding carboxylic acids is 2. The lowest BCUT2D eigenvalue weighted by Crippen LogP contribution is -2.45. The van der Waals surface area contributed by atoms with Crippen LogP contribution in [0.25, 0.3) is 11.0 Å². The second kappa shape index (κ2) is 8.09. The van der Waals surface area contributed by atoms with Crippen LogP contribution in [0.1, 0.15) is 34.2 Å². The summed E-state index contributed by atoms with van der Waals surface area (Å²) in [5, 5.41) is 0.845. The molecule has 1 aliphatic heterocycles. The van der Waals surface area contributed by atoms with Gasteiger partial charge < -0.3 is 13.9 Å². The van der Waals surface area contributed by atoms with E-state index in [1.807, 2.05) is 47.4 Å². The number of esters is 2. The van der Waals surface area contributed by atoms with E-state index < -0.39 is 12.0 Å². The number of hydrogen-bond donors (Lipinski definition) is 0. The van der Waals surface area contributed by atoms with Crippen LogP contribution in [0.2, 0.25) is 0 Å². The molecule has 4 rings (SSSR count). The average molecular weight is 393 g/mol. The Balaban J connectivity index is 1.75. The maximum atomic E-state index is 12.5. The Morgan fingerprint density at radius 2 is 1.83 bits per heavy atom. The van der Waals surface area contributed by atoms with Crippen molar-refractivity contribution in [3.63, 3.8) is 0 Å². The highest BCUT2D eigenvalue weighted by Gasteiger charge is 2.34. The number of rotatable bonds is 5. The van der Waals surface area contributed by atoms with Crippen LogP contribution in [0.4, 0.5) is 0 Å². The van der Waals surface area contributed by atoms with Crippen molar-refractivity contribution in [1.82, 2.24) is 4.90 Å². The van der Waals surface area contributed by atoms with Gasteiger partial charge in [-0.25, -0.2) is 4.79 Å². The van der Waals surface area contributed by atoms with Crippen LogP contribution < -0.4 is 0 Å². The molecule has 6 nitrogen and oxygen atoms in total. The second-order valence-electron chi connectivity index (χ2n) is 7.04. The number of para-hydroxylation sites is 1. The van der Waals surface area contributed by atoms with E-state index in [1.54, 1.807) is 6.92 Å². The molecule has 2 heterocycles. The summed E-state index contributed by atoms with van der Waals surface area (Å²) in [5.41, 5.74) is 3.66. The first kappa shape index (κ1) is 19.2. The molecule has 3 aromatic rings. The molecular weight excluding hydrogens is 370 g/mol. The van der Waals surface area contributed by atoms with Gasteiger partial charge in [-0.3, -0.25) is 9.69 Å². The summed E-state index contributed by atoms with van der Waals surface area (Å²) in [5.74, 6) is -0.591. The molecule has 0 saturated heterocycles. The topological polar surface area (TPSA) is 69.0 Å². The molecule has 1 aliphatic rings. The summed E-state index contributed by atoms with van der Waals surface area (Å²) in [7, 11) is 1.40. The third-order valence-corrected chi connectivity index (χ3v) is 5.34. The monoisotopic (exact) mass is 393 g/mol. The fraction of sp³-hybridized carbons (Fsp3) is 0.304. The average Bonchev–Trinajstić information content (AvgIpc) is 3.11. The van der Waals surface area contributed by atoms with E-state index in [1.165, 1.54) is 7.11 Å². The predicted molar refractivity (Wildman–Crippen MR) is 107 cm³/mol. The van der Waals surface area contributed by atoms with Crippen LogP contribution >= 0.6 is 0 Å². The van der Waals surface area contributed by atoms with E-state index in [4.69, 9.17) is 13.9 Å². The zero-order valence-corrected chi connectivity index (χ0v) is 16.5. The highest BCUT2D eigenvalue weighted by molar-refractivity contribution is 5.96. The molecule has 29 heavy (non-hydrogen) atoms. The predicted octanol–water partition coefficient (Wildman–Crippen LogP) is 3.71. The fourth-order valence-electron chi connectivity index (χ4n) is 3.93. The number of methoxy groups -OCH3 is 1. The van der Waals surface area contributed by atoms with Gasteiger partial charge in [-0.1, -0.05) is 42.5 Å². The quantitative estimate of drug-likeness (QED) is 0.616. The minimum absolute atomic E-state index is 0.190. The zero-order valence-electron chi connectivity index (χ0n) is 16.5. The Bertz CT molecular complexity index is 1050. The number of hydrogen-bond acceptors (Lipinski definition) is 6. The number of ether oxygens (including phenoxy) is 2. The molecule has 0 spiro atoms. The highest BCUT2D eigenvalue weighted by atomic mass is 16.5. The van der Waals surface area contributed by atoms with E-state index in [0.29, 0.717) is 25.1 Å². The number of fused-ring (bicyclic) bond motifs is 2. The van der Waals surface area contributed by atoms with E-state index in [0.717, 1.165) is 22.1 Å². The van der Waals surface area contributed by atoms with Crippen molar-refractivity contribution in [3.8, 4) is 0 Å². The van der Waals surface area contributed by atoms with Crippen LogP contribution in [0.5, 0.6) is 0 Å². The van der Waals surface area contributed by atoms with Gasteiger partial charge in [0.2, 0.25) is 5.76 Å². The molecule has 0 saturated carbocycles. The summed E-state index contributed by atoms with van der Waals surface area (Å²) in [6.45, 7) is 2.98. The van der Waals surface area contributed by atoms with Crippen LogP contribution in [0.3, 0.4) is 0 Å². The van der Waals surface area contributed by atoms with Gasteiger partial charge in [0.25, 0.3) is 0 Å². The molecule has 0 amide bonds. The summed E-state index contributed by atoms with van der Waals surface area (Å²) >= 11 is 0. The van der Waals surface area contributed by atoms with Crippen LogP contribution in [0, 0.1) is 0 Å². The number of carbonyl (C=O) groups is 2. The van der Waals surface area contributed by atoms with Crippen molar-refractivity contribution in [1.29, 1.82) is 0 Å². The Morgan fingerprint density at radius 3 is 2.59 bits per heavy atom. The van der Waals surface area contributed by atoms with Crippen molar-refractivity contribution in [2.75, 3.05) is 13.7 Å². The summed E-state index contributed by atoms with van der Waals surface area (Å²) in [6, 6.07) is 15.2. The zero-order chi connectivity index (χ0) is 20.4. The Morgan fingerprint density at radius 1 is 1.10 bits per heavy atom. The molecule has 1 aromatic heterocycles. The first-order valence-electron chi connectivity index (χ1n) is 9.68. The van der Waals surface area contributed by atoms with Crippen LogP contribution in [0.15, 0.2) is 52.9 Å². The standard InChI is InChI=1S/C23H23NO5/c1-3-28-23(26)21-18(17-10-6-7-11-20(17)29-21)14-24-13-16-9-5-4-8-15(16)12-19(24)22(25)27-2/h4-11,19H,3,12-14H2,1-2H3/t19-/m1/s1. The maximum absolute atomic E-state index is 12.5. The normalized spacial score (nSPS) is 16.4. The van der Waals surface area contributed by atoms with Gasteiger partial charge in [0, 0.05) is 24.0 Å². The molecule has 0 aliphatic carbocycles. The second-order valence-corrected chi connectivity index (χ2v) is 7.04. The van der Waals surface area contributed by atoms with Gasteiger partial charge >= 0.3 is 11.9 Å². The number of nitrogens with zero attached hydrogens (tertiary/aromatic N) is 1. The van der Waals surface area contributed by atoms with Gasteiger partial charge in [-0.2, -0.15) is 0 Å². The Hall–Kier alpha value is -3.12. The molecule has 0 bridgehead atoms. The molecule has 150 valence electrons. The Labute approximate surface area is 169 Å². The molecule has 2 aromatic carbocycles. The first-order chi connectivity index (χ1) is 14.1. The van der Waals surface area contributed by atoms with Crippen LogP contribution in [-0.2, 0) is 33.8 Å². The fourth-order valence-corrected chi connectivity index (χ4v) is 3.93. The lowest BCUT2D eigenvalue weighted by atomic mass is 9.93. The SMILES string of the molecule is CCOC(=O)c1oc2ccccc2c1CN1Cc2ccccc2C[C@@H]1C(=O)OC. The van der Waals surface area contributed by atoms with E-state index in [9.17, 15) is 9.59 Å². The molecule has 0 unspecified atom stereocenters. The van der Waals surface area contributed by atoms with Crippen molar-refractivity contribution < 1.29 is 23.5 Å². The molecular formula is C23H23NO5. The third kappa shape index (κ3) is 3.63. The summed E-state index contributed by atoms with van der Waals surface area (Å²) in [4.78, 5) is 27.1. The lowest BCUT2D eigenvalue weighted by molar-refractivity contribution is -0.148. The summed E-state index contributed by atoms with van der Waals surface area (Å²) < 4.78 is 16.1. The number of benzene rings is 2. The Kier molecular flexibility index (Phi) is 5.36. The molecule has 0 N–H and O–H groups in total. The van der Waals surface area contributed by atoms with E-state index >= 15 is 0 Å². The molecule has 0 radical (unpaired) electrons. The van der Waals surface area contributed by atoms with E-state index in [-0.39, 0.29) is 18.3 Å². The van der Waals surface area contributed by atoms with Crippen molar-refractivity contribution >= 4 is 22.9 Å². The van der Waals surface area contributed by atoms with Crippen molar-refractivity contribution in [2.24, 2.45) is 0 Å². The minimum atomic E-state index is -0.495. The molecule has 0 fully saturated rings. The van der Waals surface area contributed by atoms with Crippen molar-refractivity contribution in [2.45, 2.75) is 32.5 Å². The summed E-state index contributed by atoms with van der Waals surface area (Å²) in [6.07, 6.45) is 0.563. The molecule has 6 heteroatoms. The molecule has 1 atom stereocenters. The third-order valence-electron chi connectivity index (χ3n) is 5.34. The van der Waals surface area contributed by atoms with Crippen LogP contribution in [-0.4, -0.2) is 36.6 Å². The maximum Gasteiger partial charge on any atom is 0.374 e. The highest BCUT2D eigenvalue weighted by Crippen LogP contribution is 2.31. The number of furan rings is 1. The van der Waals surface area contributed by atoms with E-state index in [2.05, 4.69) is 6.07 Å². The largest absolute Gasteiger partial charge is 0.468 e. The smallest absolute Gasteiger partial charge is 0.374 e. The van der Waals surface area contributed by atoms with Gasteiger partial charge in [0.05, 0.1) is 13.7 Å². The van der Waals surface area contributed by atoms with Gasteiger partial charge in [0.1, 0.15) is 11.6 Å². The minimum Gasteiger partial charge on any atom is -0.468 e. The lowest BCUT2D eigenvalue weighted by Gasteiger charge is -2.35. The van der Waals surface area contributed by atoms with Gasteiger partial charge in [-0.15, -0.1) is 0 Å².